The van der Waals surface area contributed by atoms with Gasteiger partial charge in [0.25, 0.3) is 0 Å². The number of aliphatic hydroxyl groups excluding tert-OH is 2. The third kappa shape index (κ3) is 11.2. The van der Waals surface area contributed by atoms with Crippen LogP contribution in [-0.4, -0.2) is 48.1 Å². The Bertz CT molecular complexity index is 2050. The molecule has 5 aromatic carbocycles. The van der Waals surface area contributed by atoms with Crippen molar-refractivity contribution < 1.29 is 33.2 Å². The molecule has 53 heavy (non-hydrogen) atoms. The van der Waals surface area contributed by atoms with Gasteiger partial charge in [0.15, 0.2) is 35.2 Å². The summed E-state index contributed by atoms with van der Waals surface area (Å²) in [6.07, 6.45) is 8.28. The van der Waals surface area contributed by atoms with Crippen LogP contribution in [0.25, 0.3) is 28.0 Å². The highest BCUT2D eigenvalue weighted by molar-refractivity contribution is 7.80. The van der Waals surface area contributed by atoms with Gasteiger partial charge >= 0.3 is 0 Å². The highest BCUT2D eigenvalue weighted by Crippen LogP contribution is 2.33. The molecule has 0 spiro atoms. The van der Waals surface area contributed by atoms with Crippen molar-refractivity contribution in [2.75, 3.05) is 12.9 Å². The summed E-state index contributed by atoms with van der Waals surface area (Å²) in [5.41, 5.74) is 4.02. The fourth-order valence-electron chi connectivity index (χ4n) is 5.79. The van der Waals surface area contributed by atoms with Gasteiger partial charge in [0.05, 0.1) is 19.5 Å². The summed E-state index contributed by atoms with van der Waals surface area (Å²) in [5, 5.41) is 31.5. The van der Waals surface area contributed by atoms with Gasteiger partial charge in [-0.2, -0.15) is 22.8 Å². The third-order valence-electron chi connectivity index (χ3n) is 8.46. The highest BCUT2D eigenvalue weighted by atomic mass is 32.1. The van der Waals surface area contributed by atoms with Gasteiger partial charge in [0.2, 0.25) is 6.29 Å². The molecule has 7 nitrogen and oxygen atoms in total. The van der Waals surface area contributed by atoms with Gasteiger partial charge in [-0.05, 0) is 106 Å². The molecule has 5 rings (SSSR count). The van der Waals surface area contributed by atoms with Crippen LogP contribution in [0.2, 0.25) is 0 Å². The number of thiol groups is 1. The second-order valence-corrected chi connectivity index (χ2v) is 12.9. The number of fused-ring (bicyclic) bond motifs is 1. The van der Waals surface area contributed by atoms with Crippen molar-refractivity contribution in [2.45, 2.75) is 58.0 Å². The van der Waals surface area contributed by atoms with Crippen molar-refractivity contribution in [1.29, 1.82) is 0 Å². The van der Waals surface area contributed by atoms with E-state index in [0.717, 1.165) is 71.9 Å². The first kappa shape index (κ1) is 39.2. The number of hydrogen-bond donors (Lipinski definition) is 3. The predicted octanol–water partition coefficient (Wildman–Crippen LogP) is 9.80. The van der Waals surface area contributed by atoms with Crippen molar-refractivity contribution in [1.82, 2.24) is 0 Å². The first-order valence-electron chi connectivity index (χ1n) is 17.6. The molecule has 0 saturated carbocycles. The molecular weight excluding hydrogens is 695 g/mol. The Labute approximate surface area is 314 Å². The molecule has 2 N–H and O–H groups in total. The van der Waals surface area contributed by atoms with Gasteiger partial charge in [-0.15, -0.1) is 0 Å². The lowest BCUT2D eigenvalue weighted by molar-refractivity contribution is -0.0260. The fourth-order valence-corrected chi connectivity index (χ4v) is 6.01. The Morgan fingerprint density at radius 3 is 2.28 bits per heavy atom. The lowest BCUT2D eigenvalue weighted by Gasteiger charge is -2.16. The average molecular weight is 739 g/mol. The van der Waals surface area contributed by atoms with Crippen molar-refractivity contribution >= 4 is 41.9 Å². The van der Waals surface area contributed by atoms with Crippen molar-refractivity contribution in [3.63, 3.8) is 0 Å². The summed E-state index contributed by atoms with van der Waals surface area (Å²) < 4.78 is 47.1. The summed E-state index contributed by atoms with van der Waals surface area (Å²) in [7, 11) is 1.47. The van der Waals surface area contributed by atoms with Gasteiger partial charge in [-0.25, -0.2) is 8.78 Å². The van der Waals surface area contributed by atoms with Crippen LogP contribution in [0.5, 0.6) is 17.2 Å². The van der Waals surface area contributed by atoms with E-state index in [-0.39, 0.29) is 5.56 Å². The van der Waals surface area contributed by atoms with E-state index in [0.29, 0.717) is 34.6 Å². The summed E-state index contributed by atoms with van der Waals surface area (Å²) in [5.74, 6) is -1.14. The molecule has 5 aromatic rings. The van der Waals surface area contributed by atoms with E-state index in [4.69, 9.17) is 14.2 Å². The molecule has 0 aliphatic carbocycles. The molecule has 0 heterocycles. The van der Waals surface area contributed by atoms with Crippen LogP contribution in [-0.2, 0) is 6.42 Å². The average Bonchev–Trinajstić information content (AvgIpc) is 3.16. The van der Waals surface area contributed by atoms with E-state index in [1.54, 1.807) is 30.6 Å². The molecule has 0 radical (unpaired) electrons. The number of ether oxygens (including phenoxy) is 3. The molecule has 0 aromatic heterocycles. The van der Waals surface area contributed by atoms with E-state index in [9.17, 15) is 10.2 Å². The number of halogens is 2. The van der Waals surface area contributed by atoms with Gasteiger partial charge < -0.3 is 24.4 Å². The van der Waals surface area contributed by atoms with Crippen molar-refractivity contribution in [3.05, 3.63) is 131 Å². The Kier molecular flexibility index (Phi) is 14.6. The predicted molar refractivity (Wildman–Crippen MR) is 213 cm³/mol. The highest BCUT2D eigenvalue weighted by Gasteiger charge is 2.18. The van der Waals surface area contributed by atoms with E-state index in [2.05, 4.69) is 29.8 Å². The zero-order valence-corrected chi connectivity index (χ0v) is 30.7. The largest absolute Gasteiger partial charge is 0.493 e. The monoisotopic (exact) mass is 738 g/mol. The number of benzene rings is 5. The summed E-state index contributed by atoms with van der Waals surface area (Å²) >= 11 is 4.20. The number of aryl methyl sites for hydroxylation is 1. The lowest BCUT2D eigenvalue weighted by Crippen LogP contribution is -2.15. The minimum absolute atomic E-state index is 0.276. The summed E-state index contributed by atoms with van der Waals surface area (Å²) in [4.78, 5) is 0. The van der Waals surface area contributed by atoms with Crippen LogP contribution in [0.15, 0.2) is 107 Å². The smallest absolute Gasteiger partial charge is 0.217 e. The lowest BCUT2D eigenvalue weighted by atomic mass is 9.96. The third-order valence-corrected chi connectivity index (χ3v) is 8.78. The molecule has 0 saturated heterocycles. The van der Waals surface area contributed by atoms with E-state index < -0.39 is 30.0 Å². The van der Waals surface area contributed by atoms with E-state index in [1.165, 1.54) is 19.3 Å². The standard InChI is InChI=1S/C43H44F2N2O5S/c1-3-9-29-14-18-36(35(22-29)28-47-46-27-31-13-17-32-10-6-7-11-33(32)23-31)34-25-37(44)43(38(45)26-34)52-42(49)20-16-30-15-19-39(40(24-30)50-2)51-41(48)12-5-4-8-21-53/h6-7,10-11,13-20,22-28,41-42,48-49,53H,3-5,8-9,12,21H2,1-2H3/b20-16+,46-27+,47-28+. The van der Waals surface area contributed by atoms with Crippen molar-refractivity contribution in [3.8, 4) is 28.4 Å². The molecular formula is C43H44F2N2O5S. The Hall–Kier alpha value is -5.03. The van der Waals surface area contributed by atoms with Crippen LogP contribution in [0, 0.1) is 11.6 Å². The number of hydrogen-bond acceptors (Lipinski definition) is 8. The normalized spacial score (nSPS) is 13.0. The van der Waals surface area contributed by atoms with Crippen molar-refractivity contribution in [2.24, 2.45) is 10.2 Å². The van der Waals surface area contributed by atoms with Gasteiger partial charge in [-0.1, -0.05) is 80.4 Å². The molecule has 0 aliphatic heterocycles. The first-order chi connectivity index (χ1) is 25.8. The van der Waals surface area contributed by atoms with Crippen LogP contribution >= 0.6 is 12.6 Å². The molecule has 2 unspecified atom stereocenters. The molecule has 0 amide bonds. The summed E-state index contributed by atoms with van der Waals surface area (Å²) in [6.45, 7) is 2.08. The van der Waals surface area contributed by atoms with Gasteiger partial charge in [-0.3, -0.25) is 0 Å². The number of aliphatic hydroxyl groups is 2. The fraction of sp³-hybridized carbons (Fsp3) is 0.256. The Morgan fingerprint density at radius 1 is 0.774 bits per heavy atom. The second kappa shape index (κ2) is 19.7. The van der Waals surface area contributed by atoms with Crippen LogP contribution < -0.4 is 14.2 Å². The minimum Gasteiger partial charge on any atom is -0.493 e. The molecule has 2 atom stereocenters. The van der Waals surface area contributed by atoms with Crippen LogP contribution in [0.4, 0.5) is 8.78 Å². The van der Waals surface area contributed by atoms with Crippen LogP contribution in [0.3, 0.4) is 0 Å². The quantitative estimate of drug-likeness (QED) is 0.0274. The van der Waals surface area contributed by atoms with Crippen LogP contribution in [0.1, 0.15) is 61.3 Å². The molecule has 10 heteroatoms. The van der Waals surface area contributed by atoms with Gasteiger partial charge in [0.1, 0.15) is 0 Å². The number of methoxy groups -OCH3 is 1. The topological polar surface area (TPSA) is 92.9 Å². The number of rotatable bonds is 18. The molecule has 276 valence electrons. The maximum absolute atomic E-state index is 15.4. The Morgan fingerprint density at radius 2 is 1.53 bits per heavy atom. The maximum Gasteiger partial charge on any atom is 0.217 e. The minimum atomic E-state index is -1.66. The first-order valence-corrected chi connectivity index (χ1v) is 18.2. The summed E-state index contributed by atoms with van der Waals surface area (Å²) in [6, 6.07) is 27.0. The zero-order valence-electron chi connectivity index (χ0n) is 29.8. The van der Waals surface area contributed by atoms with E-state index >= 15 is 8.78 Å². The number of unbranched alkanes of at least 4 members (excludes halogenated alkanes) is 2. The molecule has 0 bridgehead atoms. The number of nitrogens with zero attached hydrogens (tertiary/aromatic N) is 2. The Balaban J connectivity index is 1.28. The second-order valence-electron chi connectivity index (χ2n) is 12.5. The SMILES string of the molecule is CCCc1ccc(-c2cc(F)c(OC(O)/C=C/c3ccc(OC(O)CCCCCS)c(OC)c3)c(F)c2)c(/C=N/N=C/c2ccc3ccccc3c2)c1. The maximum atomic E-state index is 15.4. The molecule has 0 fully saturated rings. The zero-order chi connectivity index (χ0) is 37.6. The molecule has 0 aliphatic rings. The van der Waals surface area contributed by atoms with E-state index in [1.807, 2.05) is 60.7 Å². The van der Waals surface area contributed by atoms with Gasteiger partial charge in [0, 0.05) is 12.0 Å².